The Balaban J connectivity index is 2.38. The highest BCUT2D eigenvalue weighted by Crippen LogP contribution is 2.19. The normalized spacial score (nSPS) is 12.1. The number of hydrogen-bond acceptors (Lipinski definition) is 3. The fraction of sp³-hybridized carbons (Fsp3) is 0.500. The second kappa shape index (κ2) is 7.71. The standard InChI is InChI=1S/C14H22N2O2/c1-3-18-10-6-9-14(17)16-11(2)12-7-4-5-8-13(12)15/h4-5,7-8,11H,3,6,9-10,15H2,1-2H3,(H,16,17). The van der Waals surface area contributed by atoms with Crippen LogP contribution in [0.3, 0.4) is 0 Å². The molecular weight excluding hydrogens is 228 g/mol. The lowest BCUT2D eigenvalue weighted by Gasteiger charge is -2.16. The summed E-state index contributed by atoms with van der Waals surface area (Å²) in [6, 6.07) is 7.51. The molecule has 0 saturated carbocycles. The molecule has 3 N–H and O–H groups in total. The van der Waals surface area contributed by atoms with E-state index in [9.17, 15) is 4.79 Å². The number of anilines is 1. The summed E-state index contributed by atoms with van der Waals surface area (Å²) in [5.74, 6) is 0.0328. The third-order valence-corrected chi connectivity index (χ3v) is 2.74. The maximum atomic E-state index is 11.7. The Morgan fingerprint density at radius 1 is 1.44 bits per heavy atom. The summed E-state index contributed by atoms with van der Waals surface area (Å²) in [5.41, 5.74) is 7.53. The van der Waals surface area contributed by atoms with Crippen molar-refractivity contribution >= 4 is 11.6 Å². The molecule has 1 aromatic rings. The molecule has 1 atom stereocenters. The molecule has 0 saturated heterocycles. The first-order chi connectivity index (χ1) is 8.65. The molecule has 0 fully saturated rings. The van der Waals surface area contributed by atoms with Crippen molar-refractivity contribution in [2.75, 3.05) is 18.9 Å². The number of carbonyl (C=O) groups is 1. The number of nitrogens with two attached hydrogens (primary N) is 1. The van der Waals surface area contributed by atoms with Crippen LogP contribution in [0.2, 0.25) is 0 Å². The van der Waals surface area contributed by atoms with Crippen molar-refractivity contribution in [1.29, 1.82) is 0 Å². The topological polar surface area (TPSA) is 64.3 Å². The van der Waals surface area contributed by atoms with E-state index < -0.39 is 0 Å². The largest absolute Gasteiger partial charge is 0.398 e. The van der Waals surface area contributed by atoms with Gasteiger partial charge >= 0.3 is 0 Å². The van der Waals surface area contributed by atoms with Gasteiger partial charge in [-0.15, -0.1) is 0 Å². The zero-order valence-electron chi connectivity index (χ0n) is 11.1. The van der Waals surface area contributed by atoms with Crippen molar-refractivity contribution in [3.05, 3.63) is 29.8 Å². The third kappa shape index (κ3) is 4.75. The highest BCUT2D eigenvalue weighted by atomic mass is 16.5. The van der Waals surface area contributed by atoms with Crippen molar-refractivity contribution < 1.29 is 9.53 Å². The van der Waals surface area contributed by atoms with Gasteiger partial charge in [0, 0.05) is 25.3 Å². The van der Waals surface area contributed by atoms with Crippen molar-refractivity contribution in [3.8, 4) is 0 Å². The van der Waals surface area contributed by atoms with Crippen LogP contribution in [0.25, 0.3) is 0 Å². The minimum atomic E-state index is -0.0641. The Bertz CT molecular complexity index is 380. The molecule has 0 aromatic heterocycles. The summed E-state index contributed by atoms with van der Waals surface area (Å²) in [7, 11) is 0. The van der Waals surface area contributed by atoms with Gasteiger partial charge in [-0.1, -0.05) is 18.2 Å². The number of nitrogens with one attached hydrogen (secondary N) is 1. The fourth-order valence-corrected chi connectivity index (χ4v) is 1.78. The van der Waals surface area contributed by atoms with E-state index in [1.54, 1.807) is 0 Å². The molecule has 1 rings (SSSR count). The second-order valence-electron chi connectivity index (χ2n) is 4.22. The summed E-state index contributed by atoms with van der Waals surface area (Å²) in [6.45, 7) is 5.21. The number of hydrogen-bond donors (Lipinski definition) is 2. The monoisotopic (exact) mass is 250 g/mol. The highest BCUT2D eigenvalue weighted by molar-refractivity contribution is 5.76. The lowest BCUT2D eigenvalue weighted by molar-refractivity contribution is -0.122. The smallest absolute Gasteiger partial charge is 0.220 e. The maximum absolute atomic E-state index is 11.7. The molecule has 0 radical (unpaired) electrons. The molecule has 1 aromatic carbocycles. The van der Waals surface area contributed by atoms with Crippen LogP contribution in [-0.4, -0.2) is 19.1 Å². The summed E-state index contributed by atoms with van der Waals surface area (Å²) in [4.78, 5) is 11.7. The zero-order chi connectivity index (χ0) is 13.4. The van der Waals surface area contributed by atoms with E-state index >= 15 is 0 Å². The predicted molar refractivity (Wildman–Crippen MR) is 73.1 cm³/mol. The lowest BCUT2D eigenvalue weighted by atomic mass is 10.1. The Morgan fingerprint density at radius 2 is 2.17 bits per heavy atom. The SMILES string of the molecule is CCOCCCC(=O)NC(C)c1ccccc1N. The Kier molecular flexibility index (Phi) is 6.22. The van der Waals surface area contributed by atoms with E-state index in [0.717, 1.165) is 12.0 Å². The molecule has 1 amide bonds. The van der Waals surface area contributed by atoms with Crippen LogP contribution in [0.15, 0.2) is 24.3 Å². The number of amides is 1. The van der Waals surface area contributed by atoms with Crippen LogP contribution in [-0.2, 0) is 9.53 Å². The average Bonchev–Trinajstić information content (AvgIpc) is 2.35. The van der Waals surface area contributed by atoms with Gasteiger partial charge in [0.05, 0.1) is 6.04 Å². The van der Waals surface area contributed by atoms with E-state index in [2.05, 4.69) is 5.32 Å². The van der Waals surface area contributed by atoms with Crippen molar-refractivity contribution in [3.63, 3.8) is 0 Å². The molecule has 4 heteroatoms. The molecule has 0 aliphatic carbocycles. The molecule has 0 bridgehead atoms. The first-order valence-electron chi connectivity index (χ1n) is 6.36. The first-order valence-corrected chi connectivity index (χ1v) is 6.36. The summed E-state index contributed by atoms with van der Waals surface area (Å²) in [6.07, 6.45) is 1.23. The highest BCUT2D eigenvalue weighted by Gasteiger charge is 2.11. The van der Waals surface area contributed by atoms with Crippen molar-refractivity contribution in [2.24, 2.45) is 0 Å². The van der Waals surface area contributed by atoms with E-state index in [4.69, 9.17) is 10.5 Å². The minimum absolute atomic E-state index is 0.0328. The molecule has 18 heavy (non-hydrogen) atoms. The van der Waals surface area contributed by atoms with Crippen LogP contribution < -0.4 is 11.1 Å². The Hall–Kier alpha value is -1.55. The molecule has 0 spiro atoms. The van der Waals surface area contributed by atoms with Crippen molar-refractivity contribution in [1.82, 2.24) is 5.32 Å². The van der Waals surface area contributed by atoms with Gasteiger partial charge in [-0.25, -0.2) is 0 Å². The quantitative estimate of drug-likeness (QED) is 0.576. The number of para-hydroxylation sites is 1. The fourth-order valence-electron chi connectivity index (χ4n) is 1.78. The molecule has 4 nitrogen and oxygen atoms in total. The number of ether oxygens (including phenoxy) is 1. The van der Waals surface area contributed by atoms with Gasteiger partial charge in [0.1, 0.15) is 0 Å². The molecule has 1 unspecified atom stereocenters. The van der Waals surface area contributed by atoms with Gasteiger partial charge in [0.15, 0.2) is 0 Å². The van der Waals surface area contributed by atoms with Crippen LogP contribution >= 0.6 is 0 Å². The van der Waals surface area contributed by atoms with Gasteiger partial charge in [-0.05, 0) is 31.9 Å². The second-order valence-corrected chi connectivity index (χ2v) is 4.22. The van der Waals surface area contributed by atoms with Gasteiger partial charge in [0.2, 0.25) is 5.91 Å². The average molecular weight is 250 g/mol. The predicted octanol–water partition coefficient (Wildman–Crippen LogP) is 2.26. The van der Waals surface area contributed by atoms with Gasteiger partial charge in [-0.2, -0.15) is 0 Å². The Labute approximate surface area is 109 Å². The van der Waals surface area contributed by atoms with Crippen LogP contribution in [0.1, 0.15) is 38.3 Å². The van der Waals surface area contributed by atoms with E-state index in [1.807, 2.05) is 38.1 Å². The summed E-state index contributed by atoms with van der Waals surface area (Å²) < 4.78 is 5.19. The zero-order valence-corrected chi connectivity index (χ0v) is 11.1. The molecule has 0 heterocycles. The van der Waals surface area contributed by atoms with Crippen molar-refractivity contribution in [2.45, 2.75) is 32.7 Å². The number of benzene rings is 1. The summed E-state index contributed by atoms with van der Waals surface area (Å²) in [5, 5.41) is 2.94. The molecule has 0 aliphatic rings. The maximum Gasteiger partial charge on any atom is 0.220 e. The van der Waals surface area contributed by atoms with E-state index in [0.29, 0.717) is 25.3 Å². The first kappa shape index (κ1) is 14.5. The van der Waals surface area contributed by atoms with Gasteiger partial charge < -0.3 is 15.8 Å². The molecule has 100 valence electrons. The van der Waals surface area contributed by atoms with Gasteiger partial charge in [-0.3, -0.25) is 4.79 Å². The number of nitrogen functional groups attached to an aromatic ring is 1. The van der Waals surface area contributed by atoms with Crippen LogP contribution in [0.5, 0.6) is 0 Å². The van der Waals surface area contributed by atoms with Crippen LogP contribution in [0.4, 0.5) is 5.69 Å². The van der Waals surface area contributed by atoms with Gasteiger partial charge in [0.25, 0.3) is 0 Å². The molecule has 0 aliphatic heterocycles. The third-order valence-electron chi connectivity index (χ3n) is 2.74. The lowest BCUT2D eigenvalue weighted by Crippen LogP contribution is -2.27. The Morgan fingerprint density at radius 3 is 2.83 bits per heavy atom. The van der Waals surface area contributed by atoms with Crippen LogP contribution in [0, 0.1) is 0 Å². The number of rotatable bonds is 7. The van der Waals surface area contributed by atoms with E-state index in [-0.39, 0.29) is 11.9 Å². The molecular formula is C14H22N2O2. The number of carbonyl (C=O) groups excluding carboxylic acids is 1. The minimum Gasteiger partial charge on any atom is -0.398 e. The van der Waals surface area contributed by atoms with E-state index in [1.165, 1.54) is 0 Å². The summed E-state index contributed by atoms with van der Waals surface area (Å²) >= 11 is 0.